The second-order valence-corrected chi connectivity index (χ2v) is 6.24. The molecule has 0 saturated heterocycles. The number of methoxy groups -OCH3 is 1. The van der Waals surface area contributed by atoms with Crippen LogP contribution in [-0.4, -0.2) is 28.8 Å². The Labute approximate surface area is 148 Å². The number of urea groups is 1. The van der Waals surface area contributed by atoms with Crippen molar-refractivity contribution >= 4 is 6.03 Å². The van der Waals surface area contributed by atoms with E-state index in [-0.39, 0.29) is 11.6 Å². The molecular weight excluding hydrogens is 320 g/mol. The van der Waals surface area contributed by atoms with E-state index in [1.807, 2.05) is 45.0 Å². The summed E-state index contributed by atoms with van der Waals surface area (Å²) in [5, 5.41) is 9.82. The van der Waals surface area contributed by atoms with Crippen LogP contribution in [0.5, 0.6) is 5.75 Å². The number of rotatable bonds is 7. The lowest BCUT2D eigenvalue weighted by Gasteiger charge is -2.28. The Bertz CT molecular complexity index is 710. The summed E-state index contributed by atoms with van der Waals surface area (Å²) in [5.74, 6) is 1.43. The molecule has 7 heteroatoms. The van der Waals surface area contributed by atoms with Gasteiger partial charge in [-0.15, -0.1) is 0 Å². The lowest BCUT2D eigenvalue weighted by molar-refractivity contribution is 0.218. The van der Waals surface area contributed by atoms with Crippen molar-refractivity contribution in [3.05, 3.63) is 30.2 Å². The van der Waals surface area contributed by atoms with E-state index < -0.39 is 6.04 Å². The molecule has 0 spiro atoms. The third-order valence-corrected chi connectivity index (χ3v) is 4.48. The van der Waals surface area contributed by atoms with Gasteiger partial charge in [0.25, 0.3) is 0 Å². The summed E-state index contributed by atoms with van der Waals surface area (Å²) < 4.78 is 10.6. The SMILES string of the molecule is CCC(C)(CC)NC(=O)NC(C)c1nc(-c2ccccc2OC)no1. The van der Waals surface area contributed by atoms with Crippen molar-refractivity contribution in [3.8, 4) is 17.1 Å². The van der Waals surface area contributed by atoms with E-state index in [2.05, 4.69) is 20.8 Å². The molecule has 2 amide bonds. The van der Waals surface area contributed by atoms with Crippen molar-refractivity contribution in [2.24, 2.45) is 0 Å². The summed E-state index contributed by atoms with van der Waals surface area (Å²) in [5.41, 5.74) is 0.502. The van der Waals surface area contributed by atoms with Gasteiger partial charge >= 0.3 is 6.03 Å². The van der Waals surface area contributed by atoms with Crippen LogP contribution < -0.4 is 15.4 Å². The molecule has 2 aromatic rings. The maximum absolute atomic E-state index is 12.2. The van der Waals surface area contributed by atoms with Gasteiger partial charge in [-0.25, -0.2) is 4.79 Å². The topological polar surface area (TPSA) is 89.3 Å². The second-order valence-electron chi connectivity index (χ2n) is 6.24. The third-order valence-electron chi connectivity index (χ3n) is 4.48. The number of nitrogens with zero attached hydrogens (tertiary/aromatic N) is 2. The fourth-order valence-corrected chi connectivity index (χ4v) is 2.35. The number of nitrogens with one attached hydrogen (secondary N) is 2. The monoisotopic (exact) mass is 346 g/mol. The number of hydrogen-bond donors (Lipinski definition) is 2. The second kappa shape index (κ2) is 8.00. The van der Waals surface area contributed by atoms with Gasteiger partial charge in [-0.1, -0.05) is 31.1 Å². The summed E-state index contributed by atoms with van der Waals surface area (Å²) in [6.07, 6.45) is 1.70. The van der Waals surface area contributed by atoms with Crippen LogP contribution in [0.15, 0.2) is 28.8 Å². The number of hydrogen-bond acceptors (Lipinski definition) is 5. The molecule has 1 unspecified atom stereocenters. The molecule has 136 valence electrons. The molecule has 0 aliphatic heterocycles. The van der Waals surface area contributed by atoms with Crippen LogP contribution in [-0.2, 0) is 0 Å². The molecule has 0 aliphatic rings. The third kappa shape index (κ3) is 4.49. The smallest absolute Gasteiger partial charge is 0.315 e. The Kier molecular flexibility index (Phi) is 6.01. The van der Waals surface area contributed by atoms with Crippen LogP contribution in [0.25, 0.3) is 11.4 Å². The molecule has 0 fully saturated rings. The van der Waals surface area contributed by atoms with Crippen molar-refractivity contribution in [3.63, 3.8) is 0 Å². The van der Waals surface area contributed by atoms with E-state index in [0.29, 0.717) is 17.5 Å². The minimum Gasteiger partial charge on any atom is -0.496 e. The van der Waals surface area contributed by atoms with Gasteiger partial charge in [0.2, 0.25) is 11.7 Å². The highest BCUT2D eigenvalue weighted by Gasteiger charge is 2.24. The molecule has 1 aromatic heterocycles. The highest BCUT2D eigenvalue weighted by atomic mass is 16.5. The van der Waals surface area contributed by atoms with Gasteiger partial charge in [-0.3, -0.25) is 0 Å². The highest BCUT2D eigenvalue weighted by molar-refractivity contribution is 5.75. The fraction of sp³-hybridized carbons (Fsp3) is 0.500. The molecular formula is C18H26N4O3. The van der Waals surface area contributed by atoms with Gasteiger partial charge < -0.3 is 19.9 Å². The van der Waals surface area contributed by atoms with Crippen molar-refractivity contribution in [1.82, 2.24) is 20.8 Å². The lowest BCUT2D eigenvalue weighted by Crippen LogP contribution is -2.50. The number of para-hydroxylation sites is 1. The van der Waals surface area contributed by atoms with Crippen LogP contribution in [0.2, 0.25) is 0 Å². The van der Waals surface area contributed by atoms with E-state index in [9.17, 15) is 4.79 Å². The van der Waals surface area contributed by atoms with Crippen LogP contribution in [0, 0.1) is 0 Å². The van der Waals surface area contributed by atoms with Gasteiger partial charge in [0.15, 0.2) is 0 Å². The summed E-state index contributed by atoms with van der Waals surface area (Å²) in [4.78, 5) is 16.6. The predicted octanol–water partition coefficient (Wildman–Crippen LogP) is 3.68. The molecule has 1 atom stereocenters. The zero-order valence-corrected chi connectivity index (χ0v) is 15.4. The Balaban J connectivity index is 2.08. The summed E-state index contributed by atoms with van der Waals surface area (Å²) in [7, 11) is 1.59. The molecule has 0 aliphatic carbocycles. The normalized spacial score (nSPS) is 12.5. The minimum absolute atomic E-state index is 0.235. The van der Waals surface area contributed by atoms with Gasteiger partial charge in [0, 0.05) is 5.54 Å². The molecule has 2 rings (SSSR count). The van der Waals surface area contributed by atoms with Gasteiger partial charge in [-0.05, 0) is 38.8 Å². The minimum atomic E-state index is -0.408. The number of aromatic nitrogens is 2. The largest absolute Gasteiger partial charge is 0.496 e. The van der Waals surface area contributed by atoms with Crippen molar-refractivity contribution in [2.75, 3.05) is 7.11 Å². The average molecular weight is 346 g/mol. The number of carbonyl (C=O) groups excluding carboxylic acids is 1. The first kappa shape index (κ1) is 18.8. The van der Waals surface area contributed by atoms with Crippen LogP contribution in [0.4, 0.5) is 4.79 Å². The summed E-state index contributed by atoms with van der Waals surface area (Å²) >= 11 is 0. The number of ether oxygens (including phenoxy) is 1. The zero-order valence-electron chi connectivity index (χ0n) is 15.4. The lowest BCUT2D eigenvalue weighted by atomic mass is 9.96. The van der Waals surface area contributed by atoms with Gasteiger partial charge in [-0.2, -0.15) is 4.98 Å². The van der Waals surface area contributed by atoms with Gasteiger partial charge in [0.1, 0.15) is 11.8 Å². The van der Waals surface area contributed by atoms with E-state index in [4.69, 9.17) is 9.26 Å². The molecule has 25 heavy (non-hydrogen) atoms. The first-order chi connectivity index (χ1) is 11.9. The molecule has 1 heterocycles. The van der Waals surface area contributed by atoms with Crippen LogP contribution in [0.3, 0.4) is 0 Å². The van der Waals surface area contributed by atoms with Gasteiger partial charge in [0.05, 0.1) is 12.7 Å². The van der Waals surface area contributed by atoms with Crippen LogP contribution >= 0.6 is 0 Å². The predicted molar refractivity (Wildman–Crippen MR) is 95.4 cm³/mol. The number of benzene rings is 1. The maximum Gasteiger partial charge on any atom is 0.315 e. The Morgan fingerprint density at radius 2 is 2.00 bits per heavy atom. The van der Waals surface area contributed by atoms with E-state index in [0.717, 1.165) is 18.4 Å². The van der Waals surface area contributed by atoms with E-state index >= 15 is 0 Å². The fourth-order valence-electron chi connectivity index (χ4n) is 2.35. The Hall–Kier alpha value is -2.57. The summed E-state index contributed by atoms with van der Waals surface area (Å²) in [6.45, 7) is 7.91. The van der Waals surface area contributed by atoms with Crippen molar-refractivity contribution in [1.29, 1.82) is 0 Å². The van der Waals surface area contributed by atoms with Crippen molar-refractivity contribution in [2.45, 2.75) is 52.1 Å². The highest BCUT2D eigenvalue weighted by Crippen LogP contribution is 2.28. The number of carbonyl (C=O) groups is 1. The summed E-state index contributed by atoms with van der Waals surface area (Å²) in [6, 6.07) is 6.77. The maximum atomic E-state index is 12.2. The Morgan fingerprint density at radius 3 is 2.64 bits per heavy atom. The zero-order chi connectivity index (χ0) is 18.4. The molecule has 0 saturated carbocycles. The molecule has 1 aromatic carbocycles. The number of amides is 2. The molecule has 0 bridgehead atoms. The Morgan fingerprint density at radius 1 is 1.32 bits per heavy atom. The quantitative estimate of drug-likeness (QED) is 0.798. The molecule has 0 radical (unpaired) electrons. The van der Waals surface area contributed by atoms with E-state index in [1.54, 1.807) is 14.0 Å². The van der Waals surface area contributed by atoms with E-state index in [1.165, 1.54) is 0 Å². The first-order valence-corrected chi connectivity index (χ1v) is 8.48. The average Bonchev–Trinajstić information content (AvgIpc) is 3.11. The molecule has 7 nitrogen and oxygen atoms in total. The first-order valence-electron chi connectivity index (χ1n) is 8.48. The van der Waals surface area contributed by atoms with Crippen LogP contribution in [0.1, 0.15) is 52.5 Å². The standard InChI is InChI=1S/C18H26N4O3/c1-6-18(4,7-2)21-17(23)19-12(3)16-20-15(22-25-16)13-10-8-9-11-14(13)24-5/h8-12H,6-7H2,1-5H3,(H2,19,21,23). The van der Waals surface area contributed by atoms with Crippen molar-refractivity contribution < 1.29 is 14.1 Å². The molecule has 2 N–H and O–H groups in total.